The molecule has 14 heavy (non-hydrogen) atoms. The van der Waals surface area contributed by atoms with E-state index in [-0.39, 0.29) is 6.42 Å². The lowest BCUT2D eigenvalue weighted by molar-refractivity contribution is -0.136. The molecule has 0 aliphatic heterocycles. The van der Waals surface area contributed by atoms with Gasteiger partial charge in [-0.3, -0.25) is 14.2 Å². The van der Waals surface area contributed by atoms with Crippen molar-refractivity contribution in [1.82, 2.24) is 19.6 Å². The Morgan fingerprint density at radius 3 is 3.21 bits per heavy atom. The molecule has 2 heterocycles. The van der Waals surface area contributed by atoms with Gasteiger partial charge in [-0.1, -0.05) is 0 Å². The Balaban J connectivity index is 2.21. The van der Waals surface area contributed by atoms with Crippen LogP contribution in [-0.2, 0) is 11.2 Å². The van der Waals surface area contributed by atoms with E-state index in [1.807, 2.05) is 0 Å². The zero-order valence-corrected chi connectivity index (χ0v) is 7.29. The molecule has 0 unspecified atom stereocenters. The van der Waals surface area contributed by atoms with Gasteiger partial charge in [0, 0.05) is 12.6 Å². The van der Waals surface area contributed by atoms with Crippen molar-refractivity contribution in [2.45, 2.75) is 12.8 Å². The molecule has 1 N–H and O–H groups in total. The lowest BCUT2D eigenvalue weighted by Crippen LogP contribution is -2.00. The summed E-state index contributed by atoms with van der Waals surface area (Å²) in [5.41, 5.74) is 1.38. The highest BCUT2D eigenvalue weighted by molar-refractivity contribution is 5.66. The van der Waals surface area contributed by atoms with Gasteiger partial charge >= 0.3 is 5.97 Å². The summed E-state index contributed by atoms with van der Waals surface area (Å²) in [6, 6.07) is 0. The third-order valence-electron chi connectivity index (χ3n) is 1.83. The van der Waals surface area contributed by atoms with Crippen LogP contribution in [0.3, 0.4) is 0 Å². The van der Waals surface area contributed by atoms with Gasteiger partial charge in [0.05, 0.1) is 18.3 Å². The van der Waals surface area contributed by atoms with Crippen molar-refractivity contribution in [3.05, 3.63) is 24.4 Å². The van der Waals surface area contributed by atoms with Crippen molar-refractivity contribution in [2.75, 3.05) is 0 Å². The van der Waals surface area contributed by atoms with E-state index in [1.165, 1.54) is 0 Å². The normalized spacial score (nSPS) is 10.6. The molecule has 0 aliphatic rings. The van der Waals surface area contributed by atoms with Gasteiger partial charge in [0.2, 0.25) is 0 Å². The van der Waals surface area contributed by atoms with E-state index < -0.39 is 5.97 Å². The van der Waals surface area contributed by atoms with Gasteiger partial charge in [-0.25, -0.2) is 0 Å². The second-order valence-electron chi connectivity index (χ2n) is 2.87. The SMILES string of the molecule is O=C(O)CCc1cn2cnnc2cn1. The molecule has 0 amide bonds. The van der Waals surface area contributed by atoms with Crippen LogP contribution in [0.15, 0.2) is 18.7 Å². The average Bonchev–Trinajstić information content (AvgIpc) is 2.61. The number of hydrogen-bond donors (Lipinski definition) is 1. The van der Waals surface area contributed by atoms with Crippen molar-refractivity contribution in [3.63, 3.8) is 0 Å². The smallest absolute Gasteiger partial charge is 0.303 e. The van der Waals surface area contributed by atoms with Crippen LogP contribution >= 0.6 is 0 Å². The molecular formula is C8H8N4O2. The summed E-state index contributed by atoms with van der Waals surface area (Å²) in [6.45, 7) is 0. The standard InChI is InChI=1S/C8H8N4O2/c13-8(14)2-1-6-4-12-5-10-11-7(12)3-9-6/h3-5H,1-2H2,(H,13,14). The van der Waals surface area contributed by atoms with E-state index in [2.05, 4.69) is 15.2 Å². The Hall–Kier alpha value is -1.98. The zero-order valence-electron chi connectivity index (χ0n) is 7.29. The number of aromatic nitrogens is 4. The quantitative estimate of drug-likeness (QED) is 0.748. The molecule has 72 valence electrons. The molecule has 0 aromatic carbocycles. The van der Waals surface area contributed by atoms with Gasteiger partial charge in [-0.15, -0.1) is 10.2 Å². The summed E-state index contributed by atoms with van der Waals surface area (Å²) in [4.78, 5) is 14.4. The van der Waals surface area contributed by atoms with Gasteiger partial charge < -0.3 is 5.11 Å². The van der Waals surface area contributed by atoms with Crippen molar-refractivity contribution in [1.29, 1.82) is 0 Å². The van der Waals surface area contributed by atoms with Crippen molar-refractivity contribution in [2.24, 2.45) is 0 Å². The second-order valence-corrected chi connectivity index (χ2v) is 2.87. The molecule has 6 heteroatoms. The Morgan fingerprint density at radius 1 is 1.57 bits per heavy atom. The van der Waals surface area contributed by atoms with Crippen molar-refractivity contribution in [3.8, 4) is 0 Å². The fourth-order valence-corrected chi connectivity index (χ4v) is 1.14. The van der Waals surface area contributed by atoms with Crippen molar-refractivity contribution < 1.29 is 9.90 Å². The topological polar surface area (TPSA) is 80.4 Å². The predicted molar refractivity (Wildman–Crippen MR) is 46.7 cm³/mol. The number of nitrogens with zero attached hydrogens (tertiary/aromatic N) is 4. The fraction of sp³-hybridized carbons (Fsp3) is 0.250. The maximum atomic E-state index is 10.3. The number of fused-ring (bicyclic) bond motifs is 1. The number of rotatable bonds is 3. The molecule has 0 atom stereocenters. The minimum absolute atomic E-state index is 0.0840. The maximum absolute atomic E-state index is 10.3. The first kappa shape index (κ1) is 8.61. The number of hydrogen-bond acceptors (Lipinski definition) is 4. The van der Waals surface area contributed by atoms with Crippen LogP contribution in [0.5, 0.6) is 0 Å². The van der Waals surface area contributed by atoms with Crippen LogP contribution in [0, 0.1) is 0 Å². The molecule has 0 saturated carbocycles. The Bertz CT molecular complexity index is 465. The molecule has 0 bridgehead atoms. The number of aryl methyl sites for hydroxylation is 1. The highest BCUT2D eigenvalue weighted by Gasteiger charge is 2.02. The molecule has 0 spiro atoms. The molecule has 2 aromatic heterocycles. The van der Waals surface area contributed by atoms with E-state index in [9.17, 15) is 4.79 Å². The largest absolute Gasteiger partial charge is 0.481 e. The zero-order chi connectivity index (χ0) is 9.97. The van der Waals surface area contributed by atoms with Gasteiger partial charge in [-0.2, -0.15) is 0 Å². The Labute approximate surface area is 79.2 Å². The molecule has 6 nitrogen and oxygen atoms in total. The fourth-order valence-electron chi connectivity index (χ4n) is 1.14. The molecule has 0 radical (unpaired) electrons. The minimum Gasteiger partial charge on any atom is -0.481 e. The Morgan fingerprint density at radius 2 is 2.43 bits per heavy atom. The minimum atomic E-state index is -0.823. The van der Waals surface area contributed by atoms with E-state index in [4.69, 9.17) is 5.11 Å². The van der Waals surface area contributed by atoms with Gasteiger partial charge in [0.25, 0.3) is 0 Å². The summed E-state index contributed by atoms with van der Waals surface area (Å²) < 4.78 is 1.71. The first-order chi connectivity index (χ1) is 6.75. The monoisotopic (exact) mass is 192 g/mol. The van der Waals surface area contributed by atoms with Gasteiger partial charge in [0.15, 0.2) is 5.65 Å². The average molecular weight is 192 g/mol. The predicted octanol–water partition coefficient (Wildman–Crippen LogP) is 0.141. The third-order valence-corrected chi connectivity index (χ3v) is 1.83. The summed E-state index contributed by atoms with van der Waals surface area (Å²) in [5.74, 6) is -0.823. The number of aliphatic carboxylic acids is 1. The van der Waals surface area contributed by atoms with E-state index in [0.29, 0.717) is 12.1 Å². The maximum Gasteiger partial charge on any atom is 0.303 e. The van der Waals surface area contributed by atoms with Crippen LogP contribution in [0.4, 0.5) is 0 Å². The molecule has 0 aliphatic carbocycles. The number of carboxylic acids is 1. The second kappa shape index (κ2) is 3.41. The van der Waals surface area contributed by atoms with Crippen LogP contribution in [0.1, 0.15) is 12.1 Å². The first-order valence-electron chi connectivity index (χ1n) is 4.12. The molecule has 2 aromatic rings. The lowest BCUT2D eigenvalue weighted by Gasteiger charge is -1.97. The van der Waals surface area contributed by atoms with Gasteiger partial charge in [0.1, 0.15) is 6.33 Å². The number of carboxylic acid groups (broad SMARTS) is 1. The molecule has 0 saturated heterocycles. The third kappa shape index (κ3) is 1.68. The van der Waals surface area contributed by atoms with E-state index >= 15 is 0 Å². The molecule has 0 fully saturated rings. The lowest BCUT2D eigenvalue weighted by atomic mass is 10.2. The highest BCUT2D eigenvalue weighted by Crippen LogP contribution is 2.01. The first-order valence-corrected chi connectivity index (χ1v) is 4.12. The molecule has 2 rings (SSSR count). The van der Waals surface area contributed by atoms with Crippen LogP contribution in [-0.4, -0.2) is 30.7 Å². The molecular weight excluding hydrogens is 184 g/mol. The van der Waals surface area contributed by atoms with Crippen LogP contribution < -0.4 is 0 Å². The summed E-state index contributed by atoms with van der Waals surface area (Å²) in [7, 11) is 0. The number of carbonyl (C=O) groups is 1. The van der Waals surface area contributed by atoms with Gasteiger partial charge in [-0.05, 0) is 0 Å². The Kier molecular flexibility index (Phi) is 2.10. The highest BCUT2D eigenvalue weighted by atomic mass is 16.4. The van der Waals surface area contributed by atoms with Crippen molar-refractivity contribution >= 4 is 11.6 Å². The summed E-state index contributed by atoms with van der Waals surface area (Å²) in [5, 5.41) is 16.0. The van der Waals surface area contributed by atoms with Crippen LogP contribution in [0.2, 0.25) is 0 Å². The van der Waals surface area contributed by atoms with E-state index in [1.54, 1.807) is 23.1 Å². The van der Waals surface area contributed by atoms with Crippen LogP contribution in [0.25, 0.3) is 5.65 Å². The summed E-state index contributed by atoms with van der Waals surface area (Å²) in [6.07, 6.45) is 5.37. The summed E-state index contributed by atoms with van der Waals surface area (Å²) >= 11 is 0. The van der Waals surface area contributed by atoms with E-state index in [0.717, 1.165) is 5.69 Å².